The lowest BCUT2D eigenvalue weighted by Gasteiger charge is -2.17. The molecule has 1 aromatic heterocycles. The van der Waals surface area contributed by atoms with Gasteiger partial charge < -0.3 is 15.3 Å². The number of aromatic carboxylic acids is 1. The predicted octanol–water partition coefficient (Wildman–Crippen LogP) is 2.73. The number of nitrogens with zero attached hydrogens (tertiary/aromatic N) is 2. The smallest absolute Gasteiger partial charge is 0.335 e. The van der Waals surface area contributed by atoms with Crippen molar-refractivity contribution in [2.75, 3.05) is 24.3 Å². The van der Waals surface area contributed by atoms with Crippen LogP contribution in [0.15, 0.2) is 36.4 Å². The van der Waals surface area contributed by atoms with Crippen LogP contribution in [0.25, 0.3) is 0 Å². The van der Waals surface area contributed by atoms with Crippen molar-refractivity contribution in [3.8, 4) is 0 Å². The average molecular weight is 327 g/mol. The summed E-state index contributed by atoms with van der Waals surface area (Å²) in [5.41, 5.74) is 2.39. The summed E-state index contributed by atoms with van der Waals surface area (Å²) in [5, 5.41) is 12.0. The van der Waals surface area contributed by atoms with Crippen LogP contribution in [-0.2, 0) is 11.2 Å². The van der Waals surface area contributed by atoms with Crippen molar-refractivity contribution in [3.05, 3.63) is 53.2 Å². The number of aromatic nitrogens is 1. The summed E-state index contributed by atoms with van der Waals surface area (Å²) in [6.07, 6.45) is 0.565. The van der Waals surface area contributed by atoms with Crippen LogP contribution in [0.1, 0.15) is 28.0 Å². The van der Waals surface area contributed by atoms with E-state index < -0.39 is 5.97 Å². The monoisotopic (exact) mass is 327 g/mol. The van der Waals surface area contributed by atoms with Crippen molar-refractivity contribution in [2.45, 2.75) is 19.8 Å². The molecule has 1 heterocycles. The van der Waals surface area contributed by atoms with Crippen molar-refractivity contribution >= 4 is 23.4 Å². The SMILES string of the molecule is Cc1ccc(NC(=O)CCc2ccccc2C(=O)O)c(N(C)C)n1. The molecule has 126 valence electrons. The second-order valence-electron chi connectivity index (χ2n) is 5.73. The van der Waals surface area contributed by atoms with E-state index in [2.05, 4.69) is 10.3 Å². The Morgan fingerprint density at radius 2 is 1.88 bits per heavy atom. The summed E-state index contributed by atoms with van der Waals surface area (Å²) in [7, 11) is 3.72. The zero-order valence-corrected chi connectivity index (χ0v) is 14.0. The number of rotatable bonds is 6. The molecule has 0 aliphatic heterocycles. The molecular weight excluding hydrogens is 306 g/mol. The summed E-state index contributed by atoms with van der Waals surface area (Å²) in [6.45, 7) is 1.89. The van der Waals surface area contributed by atoms with Gasteiger partial charge >= 0.3 is 5.97 Å². The van der Waals surface area contributed by atoms with Crippen molar-refractivity contribution in [2.24, 2.45) is 0 Å². The standard InChI is InChI=1S/C18H21N3O3/c1-12-8-10-15(17(19-12)21(2)3)20-16(22)11-9-13-6-4-5-7-14(13)18(23)24/h4-8,10H,9,11H2,1-3H3,(H,20,22)(H,23,24). The normalized spacial score (nSPS) is 10.3. The lowest BCUT2D eigenvalue weighted by atomic mass is 10.0. The Kier molecular flexibility index (Phi) is 5.52. The van der Waals surface area contributed by atoms with Gasteiger partial charge in [0.1, 0.15) is 0 Å². The van der Waals surface area contributed by atoms with Gasteiger partial charge in [-0.05, 0) is 37.1 Å². The largest absolute Gasteiger partial charge is 0.478 e. The lowest BCUT2D eigenvalue weighted by Crippen LogP contribution is -2.18. The highest BCUT2D eigenvalue weighted by molar-refractivity contribution is 5.94. The quantitative estimate of drug-likeness (QED) is 0.852. The minimum Gasteiger partial charge on any atom is -0.478 e. The Hall–Kier alpha value is -2.89. The van der Waals surface area contributed by atoms with E-state index in [4.69, 9.17) is 0 Å². The molecule has 6 heteroatoms. The first-order valence-electron chi connectivity index (χ1n) is 7.64. The number of anilines is 2. The molecule has 0 fully saturated rings. The van der Waals surface area contributed by atoms with Crippen LogP contribution in [0.4, 0.5) is 11.5 Å². The van der Waals surface area contributed by atoms with E-state index in [1.807, 2.05) is 38.1 Å². The molecule has 2 rings (SSSR count). The highest BCUT2D eigenvalue weighted by Gasteiger charge is 2.13. The van der Waals surface area contributed by atoms with Gasteiger partial charge in [0.15, 0.2) is 5.82 Å². The molecule has 24 heavy (non-hydrogen) atoms. The highest BCUT2D eigenvalue weighted by Crippen LogP contribution is 2.22. The minimum absolute atomic E-state index is 0.177. The molecule has 0 spiro atoms. The molecule has 6 nitrogen and oxygen atoms in total. The first kappa shape index (κ1) is 17.5. The summed E-state index contributed by atoms with van der Waals surface area (Å²) < 4.78 is 0. The van der Waals surface area contributed by atoms with E-state index in [1.165, 1.54) is 0 Å². The van der Waals surface area contributed by atoms with Gasteiger partial charge in [-0.3, -0.25) is 4.79 Å². The van der Waals surface area contributed by atoms with Crippen molar-refractivity contribution in [1.29, 1.82) is 0 Å². The van der Waals surface area contributed by atoms with E-state index in [0.717, 1.165) is 5.69 Å². The summed E-state index contributed by atoms with van der Waals surface area (Å²) in [6, 6.07) is 10.4. The zero-order chi connectivity index (χ0) is 17.7. The highest BCUT2D eigenvalue weighted by atomic mass is 16.4. The van der Waals surface area contributed by atoms with E-state index >= 15 is 0 Å². The first-order valence-corrected chi connectivity index (χ1v) is 7.64. The Morgan fingerprint density at radius 3 is 2.54 bits per heavy atom. The van der Waals surface area contributed by atoms with Crippen LogP contribution < -0.4 is 10.2 Å². The molecule has 0 saturated carbocycles. The molecule has 0 aliphatic rings. The van der Waals surface area contributed by atoms with Crippen molar-refractivity contribution < 1.29 is 14.7 Å². The van der Waals surface area contributed by atoms with Gasteiger partial charge in [0, 0.05) is 26.2 Å². The summed E-state index contributed by atoms with van der Waals surface area (Å²) in [5.74, 6) is -0.470. The third kappa shape index (κ3) is 4.32. The van der Waals surface area contributed by atoms with Crippen LogP contribution in [0.2, 0.25) is 0 Å². The number of benzene rings is 1. The number of carbonyl (C=O) groups excluding carboxylic acids is 1. The fourth-order valence-corrected chi connectivity index (χ4v) is 2.39. The molecule has 0 radical (unpaired) electrons. The zero-order valence-electron chi connectivity index (χ0n) is 14.0. The molecule has 1 aromatic carbocycles. The molecular formula is C18H21N3O3. The maximum absolute atomic E-state index is 12.2. The van der Waals surface area contributed by atoms with Crippen LogP contribution in [0, 0.1) is 6.92 Å². The van der Waals surface area contributed by atoms with Gasteiger partial charge in [0.2, 0.25) is 5.91 Å². The fourth-order valence-electron chi connectivity index (χ4n) is 2.39. The molecule has 0 unspecified atom stereocenters. The number of nitrogens with one attached hydrogen (secondary N) is 1. The summed E-state index contributed by atoms with van der Waals surface area (Å²) >= 11 is 0. The van der Waals surface area contributed by atoms with Crippen LogP contribution in [0.3, 0.4) is 0 Å². The topological polar surface area (TPSA) is 82.5 Å². The van der Waals surface area contributed by atoms with Gasteiger partial charge in [0.05, 0.1) is 11.3 Å². The van der Waals surface area contributed by atoms with Gasteiger partial charge in [0.25, 0.3) is 0 Å². The van der Waals surface area contributed by atoms with E-state index in [-0.39, 0.29) is 17.9 Å². The molecule has 0 aliphatic carbocycles. The number of hydrogen-bond acceptors (Lipinski definition) is 4. The van der Waals surface area contributed by atoms with E-state index in [1.54, 1.807) is 24.3 Å². The summed E-state index contributed by atoms with van der Waals surface area (Å²) in [4.78, 5) is 29.7. The molecule has 2 aromatic rings. The van der Waals surface area contributed by atoms with Crippen molar-refractivity contribution in [3.63, 3.8) is 0 Å². The number of pyridine rings is 1. The molecule has 0 bridgehead atoms. The van der Waals surface area contributed by atoms with Gasteiger partial charge in [-0.1, -0.05) is 18.2 Å². The van der Waals surface area contributed by atoms with Crippen molar-refractivity contribution in [1.82, 2.24) is 4.98 Å². The van der Waals surface area contributed by atoms with Gasteiger partial charge in [-0.15, -0.1) is 0 Å². The number of carboxylic acids is 1. The molecule has 2 N–H and O–H groups in total. The predicted molar refractivity (Wildman–Crippen MR) is 93.7 cm³/mol. The van der Waals surface area contributed by atoms with E-state index in [9.17, 15) is 14.7 Å². The molecule has 0 saturated heterocycles. The third-order valence-corrected chi connectivity index (χ3v) is 3.58. The van der Waals surface area contributed by atoms with Gasteiger partial charge in [-0.2, -0.15) is 0 Å². The fraction of sp³-hybridized carbons (Fsp3) is 0.278. The number of carbonyl (C=O) groups is 2. The maximum atomic E-state index is 12.2. The average Bonchev–Trinajstić information content (AvgIpc) is 2.54. The van der Waals surface area contributed by atoms with Crippen LogP contribution in [-0.4, -0.2) is 36.1 Å². The number of aryl methyl sites for hydroxylation is 2. The Balaban J connectivity index is 2.06. The third-order valence-electron chi connectivity index (χ3n) is 3.58. The van der Waals surface area contributed by atoms with Crippen LogP contribution >= 0.6 is 0 Å². The molecule has 0 atom stereocenters. The van der Waals surface area contributed by atoms with E-state index in [0.29, 0.717) is 23.5 Å². The molecule has 1 amide bonds. The Labute approximate surface area is 141 Å². The second-order valence-corrected chi connectivity index (χ2v) is 5.73. The minimum atomic E-state index is -0.983. The van der Waals surface area contributed by atoms with Crippen LogP contribution in [0.5, 0.6) is 0 Å². The second kappa shape index (κ2) is 7.59. The number of amides is 1. The lowest BCUT2D eigenvalue weighted by molar-refractivity contribution is -0.116. The number of carboxylic acid groups (broad SMARTS) is 1. The Bertz CT molecular complexity index is 757. The maximum Gasteiger partial charge on any atom is 0.335 e. The Morgan fingerprint density at radius 1 is 1.17 bits per heavy atom. The first-order chi connectivity index (χ1) is 11.4. The number of hydrogen-bond donors (Lipinski definition) is 2. The van der Waals surface area contributed by atoms with Gasteiger partial charge in [-0.25, -0.2) is 9.78 Å².